The first-order valence-corrected chi connectivity index (χ1v) is 8.56. The van der Waals surface area contributed by atoms with E-state index in [1.165, 1.54) is 14.2 Å². The number of hydrogen-bond acceptors (Lipinski definition) is 5. The van der Waals surface area contributed by atoms with E-state index in [1.807, 2.05) is 22.9 Å². The van der Waals surface area contributed by atoms with Crippen LogP contribution in [0.1, 0.15) is 18.5 Å². The third kappa shape index (κ3) is 2.87. The molecule has 0 saturated carbocycles. The molecule has 0 unspecified atom stereocenters. The van der Waals surface area contributed by atoms with Crippen LogP contribution in [0.2, 0.25) is 0 Å². The van der Waals surface area contributed by atoms with Crippen molar-refractivity contribution in [3.63, 3.8) is 0 Å². The van der Waals surface area contributed by atoms with Crippen LogP contribution in [0.4, 0.5) is 0 Å². The maximum absolute atomic E-state index is 10.1. The second-order valence-corrected chi connectivity index (χ2v) is 6.23. The van der Waals surface area contributed by atoms with Crippen molar-refractivity contribution < 1.29 is 14.6 Å². The Morgan fingerprint density at radius 1 is 1.07 bits per heavy atom. The van der Waals surface area contributed by atoms with Crippen molar-refractivity contribution in [3.8, 4) is 28.6 Å². The maximum Gasteiger partial charge on any atom is 0.200 e. The first-order chi connectivity index (χ1) is 13.1. The average molecular weight is 364 g/mol. The molecular formula is C20H20N4O3. The quantitative estimate of drug-likeness (QED) is 0.563. The molecule has 2 N–H and O–H groups in total. The Morgan fingerprint density at radius 2 is 1.74 bits per heavy atom. The van der Waals surface area contributed by atoms with E-state index in [0.29, 0.717) is 17.3 Å². The summed E-state index contributed by atoms with van der Waals surface area (Å²) in [4.78, 5) is 8.00. The van der Waals surface area contributed by atoms with Gasteiger partial charge >= 0.3 is 0 Å². The summed E-state index contributed by atoms with van der Waals surface area (Å²) < 4.78 is 12.4. The number of fused-ring (bicyclic) bond motifs is 1. The van der Waals surface area contributed by atoms with Crippen LogP contribution in [0, 0.1) is 0 Å². The summed E-state index contributed by atoms with van der Waals surface area (Å²) in [5.74, 6) is 1.25. The van der Waals surface area contributed by atoms with Gasteiger partial charge in [0.25, 0.3) is 0 Å². The molecule has 0 aliphatic rings. The number of rotatable bonds is 5. The molecule has 4 rings (SSSR count). The van der Waals surface area contributed by atoms with Gasteiger partial charge in [-0.15, -0.1) is 0 Å². The Bertz CT molecular complexity index is 1060. The largest absolute Gasteiger partial charge is 0.502 e. The molecule has 2 heterocycles. The van der Waals surface area contributed by atoms with Gasteiger partial charge in [0, 0.05) is 5.56 Å². The fourth-order valence-electron chi connectivity index (χ4n) is 3.14. The van der Waals surface area contributed by atoms with Gasteiger partial charge in [0.15, 0.2) is 17.1 Å². The lowest BCUT2D eigenvalue weighted by Crippen LogP contribution is -2.08. The van der Waals surface area contributed by atoms with Crippen molar-refractivity contribution in [3.05, 3.63) is 54.2 Å². The Hall–Kier alpha value is -3.48. The Balaban J connectivity index is 1.79. The van der Waals surface area contributed by atoms with Crippen LogP contribution in [0.3, 0.4) is 0 Å². The molecule has 2 aromatic carbocycles. The highest BCUT2D eigenvalue weighted by Crippen LogP contribution is 2.40. The van der Waals surface area contributed by atoms with E-state index in [0.717, 1.165) is 22.3 Å². The molecule has 0 aliphatic heterocycles. The predicted molar refractivity (Wildman–Crippen MR) is 102 cm³/mol. The predicted octanol–water partition coefficient (Wildman–Crippen LogP) is 3.76. The van der Waals surface area contributed by atoms with E-state index in [9.17, 15) is 5.11 Å². The van der Waals surface area contributed by atoms with Gasteiger partial charge in [-0.1, -0.05) is 30.3 Å². The number of benzene rings is 2. The molecular weight excluding hydrogens is 344 g/mol. The fourth-order valence-corrected chi connectivity index (χ4v) is 3.14. The highest BCUT2D eigenvalue weighted by atomic mass is 16.5. The van der Waals surface area contributed by atoms with Gasteiger partial charge in [-0.05, 0) is 24.6 Å². The Kier molecular flexibility index (Phi) is 4.19. The minimum Gasteiger partial charge on any atom is -0.502 e. The SMILES string of the molecule is COc1cc(-c2nc3c(cnn3[C@@H](C)c3ccccc3)[nH]2)cc(OC)c1O. The number of phenolic OH excluding ortho intramolecular Hbond substituents is 1. The Labute approximate surface area is 156 Å². The summed E-state index contributed by atoms with van der Waals surface area (Å²) in [5, 5.41) is 14.6. The summed E-state index contributed by atoms with van der Waals surface area (Å²) in [6.45, 7) is 2.09. The van der Waals surface area contributed by atoms with Crippen LogP contribution in [0.15, 0.2) is 48.7 Å². The van der Waals surface area contributed by atoms with E-state index in [1.54, 1.807) is 18.3 Å². The number of imidazole rings is 1. The number of hydrogen-bond donors (Lipinski definition) is 2. The summed E-state index contributed by atoms with van der Waals surface area (Å²) >= 11 is 0. The van der Waals surface area contributed by atoms with Crippen LogP contribution >= 0.6 is 0 Å². The maximum atomic E-state index is 10.1. The van der Waals surface area contributed by atoms with Gasteiger partial charge in [0.05, 0.1) is 26.5 Å². The minimum absolute atomic E-state index is 0.0382. The molecule has 1 atom stereocenters. The number of nitrogens with zero attached hydrogens (tertiary/aromatic N) is 3. The third-order valence-electron chi connectivity index (χ3n) is 4.64. The van der Waals surface area contributed by atoms with Gasteiger partial charge in [0.1, 0.15) is 11.3 Å². The van der Waals surface area contributed by atoms with Crippen LogP contribution in [-0.4, -0.2) is 39.1 Å². The second kappa shape index (κ2) is 6.68. The molecule has 0 saturated heterocycles. The van der Waals surface area contributed by atoms with E-state index in [-0.39, 0.29) is 11.8 Å². The number of aromatic amines is 1. The number of H-pyrrole nitrogens is 1. The first-order valence-electron chi connectivity index (χ1n) is 8.56. The van der Waals surface area contributed by atoms with Gasteiger partial charge in [-0.25, -0.2) is 9.67 Å². The molecule has 0 fully saturated rings. The molecule has 0 radical (unpaired) electrons. The normalized spacial score (nSPS) is 12.3. The van der Waals surface area contributed by atoms with Gasteiger partial charge in [-0.3, -0.25) is 0 Å². The molecule has 7 heteroatoms. The number of nitrogens with one attached hydrogen (secondary N) is 1. The average Bonchev–Trinajstić information content (AvgIpc) is 3.29. The lowest BCUT2D eigenvalue weighted by molar-refractivity contribution is 0.340. The van der Waals surface area contributed by atoms with Crippen LogP contribution in [0.25, 0.3) is 22.6 Å². The number of phenols is 1. The topological polar surface area (TPSA) is 85.2 Å². The fraction of sp³-hybridized carbons (Fsp3) is 0.200. The van der Waals surface area contributed by atoms with Gasteiger partial charge in [0.2, 0.25) is 5.75 Å². The summed E-state index contributed by atoms with van der Waals surface area (Å²) in [6.07, 6.45) is 1.76. The summed E-state index contributed by atoms with van der Waals surface area (Å²) in [7, 11) is 2.99. The monoisotopic (exact) mass is 364 g/mol. The van der Waals surface area contributed by atoms with Crippen molar-refractivity contribution in [2.75, 3.05) is 14.2 Å². The molecule has 2 aromatic heterocycles. The standard InChI is InChI=1S/C20H20N4O3/c1-12(13-7-5-4-6-8-13)24-20-15(11-21-24)22-19(23-20)14-9-16(26-2)18(25)17(10-14)27-3/h4-12,25H,1-3H3,(H,22,23)/t12-/m0/s1. The van der Waals surface area contributed by atoms with Crippen molar-refractivity contribution >= 4 is 11.2 Å². The highest BCUT2D eigenvalue weighted by Gasteiger charge is 2.18. The number of methoxy groups -OCH3 is 2. The van der Waals surface area contributed by atoms with Crippen molar-refractivity contribution in [1.29, 1.82) is 0 Å². The molecule has 0 amide bonds. The van der Waals surface area contributed by atoms with E-state index in [4.69, 9.17) is 14.5 Å². The first kappa shape index (κ1) is 17.0. The number of aromatic hydroxyl groups is 1. The second-order valence-electron chi connectivity index (χ2n) is 6.23. The van der Waals surface area contributed by atoms with Crippen molar-refractivity contribution in [2.24, 2.45) is 0 Å². The van der Waals surface area contributed by atoms with Crippen LogP contribution in [-0.2, 0) is 0 Å². The molecule has 7 nitrogen and oxygen atoms in total. The zero-order valence-electron chi connectivity index (χ0n) is 15.3. The van der Waals surface area contributed by atoms with E-state index in [2.05, 4.69) is 29.1 Å². The summed E-state index contributed by atoms with van der Waals surface area (Å²) in [5.41, 5.74) is 3.49. The number of aromatic nitrogens is 4. The van der Waals surface area contributed by atoms with Crippen LogP contribution in [0.5, 0.6) is 17.2 Å². The molecule has 27 heavy (non-hydrogen) atoms. The van der Waals surface area contributed by atoms with E-state index < -0.39 is 0 Å². The molecule has 0 aliphatic carbocycles. The van der Waals surface area contributed by atoms with Gasteiger partial charge in [-0.2, -0.15) is 5.10 Å². The van der Waals surface area contributed by atoms with Crippen molar-refractivity contribution in [2.45, 2.75) is 13.0 Å². The molecule has 138 valence electrons. The van der Waals surface area contributed by atoms with Crippen LogP contribution < -0.4 is 9.47 Å². The Morgan fingerprint density at radius 3 is 2.37 bits per heavy atom. The molecule has 0 bridgehead atoms. The zero-order valence-corrected chi connectivity index (χ0v) is 15.3. The highest BCUT2D eigenvalue weighted by molar-refractivity contribution is 5.77. The van der Waals surface area contributed by atoms with Gasteiger partial charge < -0.3 is 19.6 Å². The lowest BCUT2D eigenvalue weighted by atomic mass is 10.1. The zero-order chi connectivity index (χ0) is 19.0. The number of ether oxygens (including phenoxy) is 2. The minimum atomic E-state index is -0.0382. The van der Waals surface area contributed by atoms with Crippen molar-refractivity contribution in [1.82, 2.24) is 19.7 Å². The molecule has 4 aromatic rings. The lowest BCUT2D eigenvalue weighted by Gasteiger charge is -2.12. The third-order valence-corrected chi connectivity index (χ3v) is 4.64. The summed E-state index contributed by atoms with van der Waals surface area (Å²) in [6, 6.07) is 13.6. The molecule has 0 spiro atoms. The smallest absolute Gasteiger partial charge is 0.200 e. The van der Waals surface area contributed by atoms with E-state index >= 15 is 0 Å².